The highest BCUT2D eigenvalue weighted by atomic mass is 19.1. The first-order chi connectivity index (χ1) is 6.84. The molecule has 0 radical (unpaired) electrons. The summed E-state index contributed by atoms with van der Waals surface area (Å²) in [5.74, 6) is -0.257. The Balaban J connectivity index is 1.92. The van der Waals surface area contributed by atoms with Crippen LogP contribution in [-0.2, 0) is 6.54 Å². The predicted octanol–water partition coefficient (Wildman–Crippen LogP) is 2.21. The molecule has 76 valence electrons. The molecule has 1 aromatic heterocycles. The van der Waals surface area contributed by atoms with Gasteiger partial charge in [0.2, 0.25) is 0 Å². The molecule has 0 aromatic carbocycles. The number of pyridine rings is 1. The van der Waals surface area contributed by atoms with Crippen LogP contribution in [0.3, 0.4) is 0 Å². The van der Waals surface area contributed by atoms with E-state index in [9.17, 15) is 4.39 Å². The van der Waals surface area contributed by atoms with Gasteiger partial charge in [-0.3, -0.25) is 9.88 Å². The van der Waals surface area contributed by atoms with Crippen LogP contribution in [0.5, 0.6) is 0 Å². The van der Waals surface area contributed by atoms with Gasteiger partial charge in [-0.05, 0) is 38.1 Å². The average molecular weight is 194 g/mol. The molecule has 0 bridgehead atoms. The number of hydrogen-bond acceptors (Lipinski definition) is 2. The Hall–Kier alpha value is -0.960. The summed E-state index contributed by atoms with van der Waals surface area (Å²) in [6, 6.07) is 3.25. The van der Waals surface area contributed by atoms with Crippen molar-refractivity contribution in [2.24, 2.45) is 0 Å². The van der Waals surface area contributed by atoms with Gasteiger partial charge in [-0.2, -0.15) is 0 Å². The number of hydrogen-bond donors (Lipinski definition) is 0. The molecule has 0 amide bonds. The Morgan fingerprint density at radius 1 is 1.21 bits per heavy atom. The molecule has 3 heteroatoms. The van der Waals surface area contributed by atoms with Crippen molar-refractivity contribution >= 4 is 0 Å². The fourth-order valence-corrected chi connectivity index (χ4v) is 1.85. The minimum atomic E-state index is -0.257. The fraction of sp³-hybridized carbons (Fsp3) is 0.545. The molecule has 0 saturated carbocycles. The zero-order chi connectivity index (χ0) is 9.80. The Bertz CT molecular complexity index is 278. The second-order valence-corrected chi connectivity index (χ2v) is 3.80. The third-order valence-electron chi connectivity index (χ3n) is 2.62. The summed E-state index contributed by atoms with van der Waals surface area (Å²) in [6.45, 7) is 3.17. The molecular formula is C11H15FN2. The van der Waals surface area contributed by atoms with E-state index in [1.807, 2.05) is 0 Å². The summed E-state index contributed by atoms with van der Waals surface area (Å²) < 4.78 is 12.6. The van der Waals surface area contributed by atoms with Gasteiger partial charge < -0.3 is 0 Å². The molecule has 0 aliphatic carbocycles. The summed E-state index contributed by atoms with van der Waals surface area (Å²) in [5.41, 5.74) is 0.966. The molecular weight excluding hydrogens is 179 g/mol. The van der Waals surface area contributed by atoms with Crippen molar-refractivity contribution in [2.75, 3.05) is 13.1 Å². The lowest BCUT2D eigenvalue weighted by molar-refractivity contribution is 0.218. The molecule has 0 N–H and O–H groups in total. The molecule has 1 aliphatic rings. The van der Waals surface area contributed by atoms with E-state index in [1.165, 1.54) is 31.5 Å². The molecule has 1 fully saturated rings. The van der Waals surface area contributed by atoms with Gasteiger partial charge in [-0.25, -0.2) is 4.39 Å². The number of halogens is 1. The standard InChI is InChI=1S/C11H15FN2/c12-10-4-5-11(13-8-10)9-14-6-2-1-3-7-14/h4-5,8H,1-3,6-7,9H2. The van der Waals surface area contributed by atoms with E-state index in [2.05, 4.69) is 9.88 Å². The second kappa shape index (κ2) is 4.51. The second-order valence-electron chi connectivity index (χ2n) is 3.80. The monoisotopic (exact) mass is 194 g/mol. The maximum atomic E-state index is 12.6. The summed E-state index contributed by atoms with van der Waals surface area (Å²) in [4.78, 5) is 6.43. The molecule has 0 unspecified atom stereocenters. The van der Waals surface area contributed by atoms with Gasteiger partial charge in [0.25, 0.3) is 0 Å². The van der Waals surface area contributed by atoms with Gasteiger partial charge in [-0.1, -0.05) is 6.42 Å². The van der Waals surface area contributed by atoms with E-state index in [0.717, 1.165) is 25.3 Å². The van der Waals surface area contributed by atoms with Gasteiger partial charge in [0.15, 0.2) is 0 Å². The van der Waals surface area contributed by atoms with Crippen LogP contribution in [-0.4, -0.2) is 23.0 Å². The van der Waals surface area contributed by atoms with Crippen LogP contribution < -0.4 is 0 Å². The predicted molar refractivity (Wildman–Crippen MR) is 53.3 cm³/mol. The minimum Gasteiger partial charge on any atom is -0.298 e. The van der Waals surface area contributed by atoms with Crippen molar-refractivity contribution in [3.8, 4) is 0 Å². The topological polar surface area (TPSA) is 16.1 Å². The maximum absolute atomic E-state index is 12.6. The molecule has 2 rings (SSSR count). The van der Waals surface area contributed by atoms with Crippen LogP contribution in [0.4, 0.5) is 4.39 Å². The van der Waals surface area contributed by atoms with E-state index in [0.29, 0.717) is 0 Å². The minimum absolute atomic E-state index is 0.257. The number of rotatable bonds is 2. The van der Waals surface area contributed by atoms with Crippen LogP contribution in [0.2, 0.25) is 0 Å². The zero-order valence-electron chi connectivity index (χ0n) is 8.25. The third-order valence-corrected chi connectivity index (χ3v) is 2.62. The summed E-state index contributed by atoms with van der Waals surface area (Å²) in [6.07, 6.45) is 5.19. The smallest absolute Gasteiger partial charge is 0.141 e. The highest BCUT2D eigenvalue weighted by Crippen LogP contribution is 2.11. The molecule has 1 aliphatic heterocycles. The zero-order valence-corrected chi connectivity index (χ0v) is 8.25. The summed E-state index contributed by atoms with van der Waals surface area (Å²) in [7, 11) is 0. The number of likely N-dealkylation sites (tertiary alicyclic amines) is 1. The third kappa shape index (κ3) is 2.51. The first-order valence-corrected chi connectivity index (χ1v) is 5.17. The van der Waals surface area contributed by atoms with Gasteiger partial charge in [0.1, 0.15) is 5.82 Å². The van der Waals surface area contributed by atoms with Crippen LogP contribution >= 0.6 is 0 Å². The van der Waals surface area contributed by atoms with E-state index >= 15 is 0 Å². The first kappa shape index (κ1) is 9.59. The first-order valence-electron chi connectivity index (χ1n) is 5.17. The number of piperidine rings is 1. The van der Waals surface area contributed by atoms with E-state index < -0.39 is 0 Å². The average Bonchev–Trinajstić information content (AvgIpc) is 2.23. The molecule has 0 spiro atoms. The summed E-state index contributed by atoms with van der Waals surface area (Å²) >= 11 is 0. The van der Waals surface area contributed by atoms with Crippen molar-refractivity contribution in [2.45, 2.75) is 25.8 Å². The van der Waals surface area contributed by atoms with Crippen LogP contribution in [0.15, 0.2) is 18.3 Å². The molecule has 1 aromatic rings. The molecule has 0 atom stereocenters. The van der Waals surface area contributed by atoms with Crippen molar-refractivity contribution in [3.05, 3.63) is 29.8 Å². The van der Waals surface area contributed by atoms with Gasteiger partial charge >= 0.3 is 0 Å². The summed E-state index contributed by atoms with van der Waals surface area (Å²) in [5, 5.41) is 0. The fourth-order valence-electron chi connectivity index (χ4n) is 1.85. The van der Waals surface area contributed by atoms with Gasteiger partial charge in [0.05, 0.1) is 11.9 Å². The van der Waals surface area contributed by atoms with Gasteiger partial charge in [-0.15, -0.1) is 0 Å². The highest BCUT2D eigenvalue weighted by molar-refractivity contribution is 5.05. The van der Waals surface area contributed by atoms with Crippen molar-refractivity contribution in [1.29, 1.82) is 0 Å². The lowest BCUT2D eigenvalue weighted by Gasteiger charge is -2.25. The largest absolute Gasteiger partial charge is 0.298 e. The molecule has 2 heterocycles. The van der Waals surface area contributed by atoms with Crippen molar-refractivity contribution < 1.29 is 4.39 Å². The normalized spacial score (nSPS) is 18.4. The molecule has 1 saturated heterocycles. The Labute approximate surface area is 83.8 Å². The van der Waals surface area contributed by atoms with Crippen LogP contribution in [0.1, 0.15) is 25.0 Å². The van der Waals surface area contributed by atoms with E-state index in [4.69, 9.17) is 0 Å². The molecule has 14 heavy (non-hydrogen) atoms. The number of aromatic nitrogens is 1. The van der Waals surface area contributed by atoms with Crippen molar-refractivity contribution in [3.63, 3.8) is 0 Å². The molecule has 2 nitrogen and oxygen atoms in total. The Morgan fingerprint density at radius 2 is 2.00 bits per heavy atom. The Morgan fingerprint density at radius 3 is 2.64 bits per heavy atom. The Kier molecular flexibility index (Phi) is 3.09. The highest BCUT2D eigenvalue weighted by Gasteiger charge is 2.10. The maximum Gasteiger partial charge on any atom is 0.141 e. The van der Waals surface area contributed by atoms with E-state index in [1.54, 1.807) is 6.07 Å². The number of nitrogens with zero attached hydrogens (tertiary/aromatic N) is 2. The van der Waals surface area contributed by atoms with Crippen molar-refractivity contribution in [1.82, 2.24) is 9.88 Å². The van der Waals surface area contributed by atoms with Crippen LogP contribution in [0, 0.1) is 5.82 Å². The lowest BCUT2D eigenvalue weighted by Crippen LogP contribution is -2.29. The lowest BCUT2D eigenvalue weighted by atomic mass is 10.1. The SMILES string of the molecule is Fc1ccc(CN2CCCCC2)nc1. The van der Waals surface area contributed by atoms with Gasteiger partial charge in [0, 0.05) is 6.54 Å². The van der Waals surface area contributed by atoms with E-state index in [-0.39, 0.29) is 5.82 Å². The van der Waals surface area contributed by atoms with Crippen LogP contribution in [0.25, 0.3) is 0 Å². The quantitative estimate of drug-likeness (QED) is 0.717.